The van der Waals surface area contributed by atoms with Crippen molar-refractivity contribution in [3.63, 3.8) is 0 Å². The van der Waals surface area contributed by atoms with Gasteiger partial charge in [-0.2, -0.15) is 31.3 Å². The number of anilines is 2. The van der Waals surface area contributed by atoms with Gasteiger partial charge in [0.05, 0.1) is 35.4 Å². The Balaban J connectivity index is 1.33. The Morgan fingerprint density at radius 2 is 1.78 bits per heavy atom. The van der Waals surface area contributed by atoms with Crippen molar-refractivity contribution < 1.29 is 55.5 Å². The molecule has 0 aliphatic carbocycles. The van der Waals surface area contributed by atoms with Gasteiger partial charge in [0.2, 0.25) is 0 Å². The van der Waals surface area contributed by atoms with Crippen molar-refractivity contribution >= 4 is 45.7 Å². The topological polar surface area (TPSA) is 145 Å². The van der Waals surface area contributed by atoms with Crippen LogP contribution in [0.25, 0.3) is 10.9 Å². The van der Waals surface area contributed by atoms with Crippen LogP contribution in [0.3, 0.4) is 0 Å². The molecule has 0 bridgehead atoms. The van der Waals surface area contributed by atoms with Crippen LogP contribution < -0.4 is 15.4 Å². The van der Waals surface area contributed by atoms with Crippen LogP contribution in [0.1, 0.15) is 5.56 Å². The molecule has 1 fully saturated rings. The van der Waals surface area contributed by atoms with Crippen LogP contribution in [0, 0.1) is 5.82 Å². The van der Waals surface area contributed by atoms with Crippen LogP contribution in [-0.2, 0) is 11.3 Å². The molecule has 0 spiro atoms. The Bertz CT molecular complexity index is 1850. The quantitative estimate of drug-likeness (QED) is 0.115. The van der Waals surface area contributed by atoms with Crippen molar-refractivity contribution in [2.45, 2.75) is 43.4 Å². The van der Waals surface area contributed by atoms with Crippen molar-refractivity contribution in [1.82, 2.24) is 20.2 Å². The zero-order valence-electron chi connectivity index (χ0n) is 26.2. The van der Waals surface area contributed by atoms with Crippen molar-refractivity contribution in [3.8, 4) is 5.75 Å². The van der Waals surface area contributed by atoms with Crippen molar-refractivity contribution in [2.24, 2.45) is 4.99 Å². The summed E-state index contributed by atoms with van der Waals surface area (Å²) in [5.41, 5.74) is 1.61. The number of nitrogens with zero attached hydrogens (tertiary/aromatic N) is 4. The number of aliphatic hydroxyl groups excluding tert-OH is 3. The lowest BCUT2D eigenvalue weighted by Gasteiger charge is -2.26. The van der Waals surface area contributed by atoms with Gasteiger partial charge in [-0.3, -0.25) is 0 Å². The minimum absolute atomic E-state index is 0.0707. The third-order valence-corrected chi connectivity index (χ3v) is 7.72. The predicted molar refractivity (Wildman–Crippen MR) is 172 cm³/mol. The highest BCUT2D eigenvalue weighted by molar-refractivity contribution is 6.32. The van der Waals surface area contributed by atoms with Crippen LogP contribution in [0.4, 0.5) is 47.9 Å². The number of nitrogens with one attached hydrogen (secondary N) is 2. The van der Waals surface area contributed by atoms with E-state index in [1.165, 1.54) is 36.7 Å². The van der Waals surface area contributed by atoms with Gasteiger partial charge in [-0.25, -0.2) is 14.4 Å². The van der Waals surface area contributed by atoms with Gasteiger partial charge in [0.15, 0.2) is 0 Å². The molecule has 19 heteroatoms. The number of halogens is 8. The highest BCUT2D eigenvalue weighted by Gasteiger charge is 2.44. The van der Waals surface area contributed by atoms with E-state index in [0.717, 1.165) is 0 Å². The first-order valence-corrected chi connectivity index (χ1v) is 15.5. The lowest BCUT2D eigenvalue weighted by Crippen LogP contribution is -2.50. The highest BCUT2D eigenvalue weighted by Crippen LogP contribution is 2.33. The summed E-state index contributed by atoms with van der Waals surface area (Å²) in [5, 5.41) is 36.6. The maximum Gasteiger partial charge on any atom is 0.406 e. The molecule has 1 aliphatic heterocycles. The molecule has 1 aromatic heterocycles. The van der Waals surface area contributed by atoms with Crippen molar-refractivity contribution in [2.75, 3.05) is 31.5 Å². The normalized spacial score (nSPS) is 17.7. The zero-order chi connectivity index (χ0) is 36.9. The summed E-state index contributed by atoms with van der Waals surface area (Å²) in [7, 11) is 0. The van der Waals surface area contributed by atoms with Gasteiger partial charge in [0.1, 0.15) is 55.2 Å². The van der Waals surface area contributed by atoms with Crippen LogP contribution in [0.15, 0.2) is 72.0 Å². The van der Waals surface area contributed by atoms with Crippen LogP contribution in [-0.4, -0.2) is 99.2 Å². The molecular weight excluding hydrogens is 717 g/mol. The van der Waals surface area contributed by atoms with E-state index >= 15 is 0 Å². The average Bonchev–Trinajstić information content (AvgIpc) is 3.43. The predicted octanol–water partition coefficient (Wildman–Crippen LogP) is 5.23. The van der Waals surface area contributed by atoms with E-state index < -0.39 is 74.8 Å². The Morgan fingerprint density at radius 1 is 1.00 bits per heavy atom. The van der Waals surface area contributed by atoms with Gasteiger partial charge >= 0.3 is 12.4 Å². The Kier molecular flexibility index (Phi) is 11.7. The summed E-state index contributed by atoms with van der Waals surface area (Å²) in [4.78, 5) is 13.3. The summed E-state index contributed by atoms with van der Waals surface area (Å²) in [6, 6.07) is 14.6. The number of ether oxygens (including phenoxy) is 2. The summed E-state index contributed by atoms with van der Waals surface area (Å²) in [6.07, 6.45) is -15.6. The molecule has 1 aliphatic rings. The number of hydrogen-bond donors (Lipinski definition) is 5. The molecule has 0 radical (unpaired) electrons. The third-order valence-electron chi connectivity index (χ3n) is 7.42. The molecule has 0 saturated carbocycles. The minimum Gasteiger partial charge on any atom is -0.487 e. The number of alkyl halides is 6. The minimum atomic E-state index is -4.74. The first kappa shape index (κ1) is 37.8. The molecule has 5 rings (SSSR count). The molecule has 11 nitrogen and oxygen atoms in total. The fourth-order valence-electron chi connectivity index (χ4n) is 5.04. The number of rotatable bonds is 13. The number of fused-ring (bicyclic) bond motifs is 1. The standard InChI is InChI=1S/C32H30ClF7N6O5/c33-22-10-20(5-7-25(22)50-13-17-2-1-3-18(34)8-17)44-29-21-9-19(4-6-23(21)42-16-43-29)45-30-46(15-32(38,39)40)12-26(51-30)28(49)27(48)24(47)11-41-14-31(35,36)37/h1-10,16,24,26-28,41,47-49H,11-15H2,(H,42,43,44). The van der Waals surface area contributed by atoms with Gasteiger partial charge in [-0.05, 0) is 54.1 Å². The Hall–Kier alpha value is -4.49. The van der Waals surface area contributed by atoms with Crippen molar-refractivity contribution in [3.05, 3.63) is 83.4 Å². The smallest absolute Gasteiger partial charge is 0.406 e. The maximum absolute atomic E-state index is 13.5. The number of amidine groups is 1. The van der Waals surface area contributed by atoms with E-state index in [-0.39, 0.29) is 23.1 Å². The molecule has 2 heterocycles. The largest absolute Gasteiger partial charge is 0.487 e. The second-order valence-electron chi connectivity index (χ2n) is 11.5. The summed E-state index contributed by atoms with van der Waals surface area (Å²) in [6.45, 7) is -4.35. The van der Waals surface area contributed by atoms with E-state index in [9.17, 15) is 46.1 Å². The molecule has 5 N–H and O–H groups in total. The van der Waals surface area contributed by atoms with Crippen LogP contribution in [0.2, 0.25) is 5.02 Å². The van der Waals surface area contributed by atoms with Gasteiger partial charge in [0.25, 0.3) is 6.02 Å². The summed E-state index contributed by atoms with van der Waals surface area (Å²) >= 11 is 6.42. The van der Waals surface area contributed by atoms with E-state index in [1.807, 2.05) is 5.32 Å². The maximum atomic E-state index is 13.5. The molecule has 3 aromatic carbocycles. The first-order chi connectivity index (χ1) is 24.0. The molecule has 274 valence electrons. The monoisotopic (exact) mass is 746 g/mol. The fourth-order valence-corrected chi connectivity index (χ4v) is 5.28. The third kappa shape index (κ3) is 10.5. The van der Waals surface area contributed by atoms with E-state index in [0.29, 0.717) is 32.8 Å². The fraction of sp³-hybridized carbons (Fsp3) is 0.344. The average molecular weight is 747 g/mol. The first-order valence-electron chi connectivity index (χ1n) is 15.1. The second kappa shape index (κ2) is 15.8. The zero-order valence-corrected chi connectivity index (χ0v) is 26.9. The molecular formula is C32H30ClF7N6O5. The number of aliphatic imine (C=N–C) groups is 1. The number of benzene rings is 3. The Morgan fingerprint density at radius 3 is 2.49 bits per heavy atom. The van der Waals surface area contributed by atoms with Gasteiger partial charge < -0.3 is 40.3 Å². The summed E-state index contributed by atoms with van der Waals surface area (Å²) in [5.74, 6) is 0.203. The lowest BCUT2D eigenvalue weighted by atomic mass is 10.0. The van der Waals surface area contributed by atoms with Gasteiger partial charge in [0, 0.05) is 17.6 Å². The van der Waals surface area contributed by atoms with E-state index in [1.54, 1.807) is 30.3 Å². The molecule has 4 atom stereocenters. The van der Waals surface area contributed by atoms with E-state index in [2.05, 4.69) is 20.3 Å². The Labute approximate surface area is 290 Å². The highest BCUT2D eigenvalue weighted by atomic mass is 35.5. The molecule has 51 heavy (non-hydrogen) atoms. The van der Waals surface area contributed by atoms with Gasteiger partial charge in [-0.1, -0.05) is 23.7 Å². The molecule has 1 saturated heterocycles. The molecule has 0 amide bonds. The van der Waals surface area contributed by atoms with Gasteiger partial charge in [-0.15, -0.1) is 0 Å². The number of hydrogen-bond acceptors (Lipinski definition) is 10. The number of aliphatic hydroxyl groups is 3. The lowest BCUT2D eigenvalue weighted by molar-refractivity contribution is -0.138. The van der Waals surface area contributed by atoms with Crippen molar-refractivity contribution in [1.29, 1.82) is 0 Å². The number of aromatic nitrogens is 2. The second-order valence-corrected chi connectivity index (χ2v) is 11.9. The molecule has 4 unspecified atom stereocenters. The molecule has 4 aromatic rings. The summed E-state index contributed by atoms with van der Waals surface area (Å²) < 4.78 is 102. The van der Waals surface area contributed by atoms with E-state index in [4.69, 9.17) is 21.1 Å². The SMILES string of the molecule is OC(CNCC(F)(F)F)C(O)C(O)C1CN(CC(F)(F)F)C(=Nc2ccc3ncnc(Nc4ccc(OCc5cccc(F)c5)c(Cl)c4)c3c2)O1. The van der Waals surface area contributed by atoms with Crippen LogP contribution in [0.5, 0.6) is 5.75 Å². The van der Waals surface area contributed by atoms with Crippen LogP contribution >= 0.6 is 11.6 Å².